The lowest BCUT2D eigenvalue weighted by atomic mass is 10.3. The Kier molecular flexibility index (Phi) is 6.56. The molecule has 9 heteroatoms. The number of anilines is 1. The van der Waals surface area contributed by atoms with Gasteiger partial charge in [-0.2, -0.15) is 0 Å². The molecule has 0 unspecified atom stereocenters. The minimum atomic E-state index is -0.178. The average Bonchev–Trinajstić information content (AvgIpc) is 3.14. The van der Waals surface area contributed by atoms with Gasteiger partial charge in [-0.25, -0.2) is 0 Å². The summed E-state index contributed by atoms with van der Waals surface area (Å²) in [5, 5.41) is 11.5. The number of thioether (sulfide) groups is 1. The highest BCUT2D eigenvalue weighted by molar-refractivity contribution is 7.99. The van der Waals surface area contributed by atoms with E-state index in [1.54, 1.807) is 55.6 Å². The van der Waals surface area contributed by atoms with Crippen molar-refractivity contribution in [3.8, 4) is 11.5 Å². The Balaban J connectivity index is 1.44. The van der Waals surface area contributed by atoms with Crippen LogP contribution in [0.4, 0.5) is 5.69 Å². The molecule has 0 fully saturated rings. The van der Waals surface area contributed by atoms with E-state index in [9.17, 15) is 4.79 Å². The third-order valence-corrected chi connectivity index (χ3v) is 4.40. The Bertz CT molecular complexity index is 884. The molecular formula is C18H16ClN3O4S. The van der Waals surface area contributed by atoms with E-state index in [-0.39, 0.29) is 18.3 Å². The lowest BCUT2D eigenvalue weighted by molar-refractivity contribution is -0.113. The van der Waals surface area contributed by atoms with E-state index >= 15 is 0 Å². The lowest BCUT2D eigenvalue weighted by Crippen LogP contribution is -2.13. The topological polar surface area (TPSA) is 86.5 Å². The maximum atomic E-state index is 12.0. The predicted octanol–water partition coefficient (Wildman–Crippen LogP) is 4.04. The second-order valence-corrected chi connectivity index (χ2v) is 6.63. The summed E-state index contributed by atoms with van der Waals surface area (Å²) in [4.78, 5) is 12.0. The number of hydrogen-bond donors (Lipinski definition) is 1. The summed E-state index contributed by atoms with van der Waals surface area (Å²) >= 11 is 6.97. The highest BCUT2D eigenvalue weighted by Crippen LogP contribution is 2.20. The van der Waals surface area contributed by atoms with Crippen LogP contribution in [-0.2, 0) is 11.4 Å². The van der Waals surface area contributed by atoms with E-state index in [2.05, 4.69) is 15.5 Å². The Hall–Kier alpha value is -2.71. The van der Waals surface area contributed by atoms with Gasteiger partial charge < -0.3 is 19.2 Å². The molecule has 0 saturated heterocycles. The van der Waals surface area contributed by atoms with Crippen LogP contribution >= 0.6 is 23.4 Å². The summed E-state index contributed by atoms with van der Waals surface area (Å²) in [6.45, 7) is 0.132. The first kappa shape index (κ1) is 19.1. The number of amides is 1. The van der Waals surface area contributed by atoms with Crippen molar-refractivity contribution in [2.45, 2.75) is 11.8 Å². The fourth-order valence-electron chi connectivity index (χ4n) is 2.03. The van der Waals surface area contributed by atoms with E-state index in [0.717, 1.165) is 17.5 Å². The van der Waals surface area contributed by atoms with Gasteiger partial charge in [-0.1, -0.05) is 23.4 Å². The van der Waals surface area contributed by atoms with Crippen LogP contribution in [0.15, 0.2) is 58.2 Å². The van der Waals surface area contributed by atoms with E-state index in [1.807, 2.05) is 0 Å². The molecule has 2 aromatic carbocycles. The van der Waals surface area contributed by atoms with Crippen molar-refractivity contribution < 1.29 is 18.7 Å². The molecule has 0 atom stereocenters. The molecule has 140 valence electrons. The van der Waals surface area contributed by atoms with Crippen LogP contribution < -0.4 is 14.8 Å². The number of halogens is 1. The normalized spacial score (nSPS) is 10.4. The number of benzene rings is 2. The molecule has 0 aliphatic carbocycles. The van der Waals surface area contributed by atoms with Gasteiger partial charge in [0.05, 0.1) is 12.9 Å². The largest absolute Gasteiger partial charge is 0.497 e. The summed E-state index contributed by atoms with van der Waals surface area (Å²) in [6.07, 6.45) is 0. The number of aromatic nitrogens is 2. The zero-order chi connectivity index (χ0) is 19.1. The Morgan fingerprint density at radius 2 is 1.81 bits per heavy atom. The third-order valence-electron chi connectivity index (χ3n) is 3.32. The SMILES string of the molecule is COc1ccc(NC(=O)CSc2nnc(COc3ccc(Cl)cc3)o2)cc1. The maximum Gasteiger partial charge on any atom is 0.277 e. The van der Waals surface area contributed by atoms with Crippen molar-refractivity contribution in [1.29, 1.82) is 0 Å². The van der Waals surface area contributed by atoms with E-state index < -0.39 is 0 Å². The molecular weight excluding hydrogens is 390 g/mol. The average molecular weight is 406 g/mol. The summed E-state index contributed by atoms with van der Waals surface area (Å²) in [6, 6.07) is 14.0. The van der Waals surface area contributed by atoms with Crippen LogP contribution in [0.25, 0.3) is 0 Å². The number of nitrogens with zero attached hydrogens (tertiary/aromatic N) is 2. The third kappa shape index (κ3) is 5.90. The molecule has 0 aliphatic rings. The van der Waals surface area contributed by atoms with Crippen molar-refractivity contribution in [2.75, 3.05) is 18.2 Å². The number of methoxy groups -OCH3 is 1. The van der Waals surface area contributed by atoms with Crippen LogP contribution in [0.5, 0.6) is 11.5 Å². The molecule has 0 spiro atoms. The first-order valence-corrected chi connectivity index (χ1v) is 9.26. The molecule has 0 saturated carbocycles. The van der Waals surface area contributed by atoms with Crippen molar-refractivity contribution >= 4 is 35.0 Å². The quantitative estimate of drug-likeness (QED) is 0.566. The Morgan fingerprint density at radius 1 is 1.11 bits per heavy atom. The minimum Gasteiger partial charge on any atom is -0.497 e. The summed E-state index contributed by atoms with van der Waals surface area (Å²) in [5.74, 6) is 1.66. The highest BCUT2D eigenvalue weighted by Gasteiger charge is 2.10. The van der Waals surface area contributed by atoms with Crippen LogP contribution in [0, 0.1) is 0 Å². The molecule has 1 heterocycles. The van der Waals surface area contributed by atoms with Gasteiger partial charge in [-0.15, -0.1) is 10.2 Å². The van der Waals surface area contributed by atoms with Gasteiger partial charge in [-0.05, 0) is 48.5 Å². The van der Waals surface area contributed by atoms with Gasteiger partial charge in [0, 0.05) is 10.7 Å². The molecule has 1 N–H and O–H groups in total. The Labute approximate surface area is 165 Å². The molecule has 0 bridgehead atoms. The number of carbonyl (C=O) groups is 1. The predicted molar refractivity (Wildman–Crippen MR) is 102 cm³/mol. The van der Waals surface area contributed by atoms with Gasteiger partial charge in [0.1, 0.15) is 11.5 Å². The minimum absolute atomic E-state index is 0.132. The standard InChI is InChI=1S/C18H16ClN3O4S/c1-24-14-8-4-13(5-9-14)20-16(23)11-27-18-22-21-17(26-18)10-25-15-6-2-12(19)3-7-15/h2-9H,10-11H2,1H3,(H,20,23). The van der Waals surface area contributed by atoms with Crippen molar-refractivity contribution in [2.24, 2.45) is 0 Å². The van der Waals surface area contributed by atoms with Gasteiger partial charge in [0.2, 0.25) is 5.91 Å². The van der Waals surface area contributed by atoms with Crippen LogP contribution in [-0.4, -0.2) is 29.0 Å². The van der Waals surface area contributed by atoms with Crippen molar-refractivity contribution in [1.82, 2.24) is 10.2 Å². The maximum absolute atomic E-state index is 12.0. The molecule has 3 rings (SSSR count). The monoisotopic (exact) mass is 405 g/mol. The number of carbonyl (C=O) groups excluding carboxylic acids is 1. The number of rotatable bonds is 8. The van der Waals surface area contributed by atoms with Gasteiger partial charge in [0.25, 0.3) is 11.1 Å². The first-order valence-electron chi connectivity index (χ1n) is 7.90. The fourth-order valence-corrected chi connectivity index (χ4v) is 2.74. The van der Waals surface area contributed by atoms with Crippen molar-refractivity contribution in [3.63, 3.8) is 0 Å². The summed E-state index contributed by atoms with van der Waals surface area (Å²) in [7, 11) is 1.59. The van der Waals surface area contributed by atoms with E-state index in [1.165, 1.54) is 0 Å². The lowest BCUT2D eigenvalue weighted by Gasteiger charge is -2.05. The second-order valence-electron chi connectivity index (χ2n) is 5.27. The van der Waals surface area contributed by atoms with Gasteiger partial charge >= 0.3 is 0 Å². The number of hydrogen-bond acceptors (Lipinski definition) is 7. The van der Waals surface area contributed by atoms with Crippen LogP contribution in [0.1, 0.15) is 5.89 Å². The summed E-state index contributed by atoms with van der Waals surface area (Å²) < 4.78 is 16.1. The molecule has 27 heavy (non-hydrogen) atoms. The molecule has 7 nitrogen and oxygen atoms in total. The first-order chi connectivity index (χ1) is 13.1. The fraction of sp³-hybridized carbons (Fsp3) is 0.167. The van der Waals surface area contributed by atoms with Crippen molar-refractivity contribution in [3.05, 3.63) is 59.4 Å². The zero-order valence-electron chi connectivity index (χ0n) is 14.3. The van der Waals surface area contributed by atoms with E-state index in [4.69, 9.17) is 25.5 Å². The molecule has 0 radical (unpaired) electrons. The number of ether oxygens (including phenoxy) is 2. The molecule has 1 amide bonds. The molecule has 3 aromatic rings. The Morgan fingerprint density at radius 3 is 2.52 bits per heavy atom. The van der Waals surface area contributed by atoms with Gasteiger partial charge in [0.15, 0.2) is 6.61 Å². The zero-order valence-corrected chi connectivity index (χ0v) is 15.9. The molecule has 0 aliphatic heterocycles. The van der Waals surface area contributed by atoms with Gasteiger partial charge in [-0.3, -0.25) is 4.79 Å². The smallest absolute Gasteiger partial charge is 0.277 e. The molecule has 1 aromatic heterocycles. The second kappa shape index (κ2) is 9.29. The van der Waals surface area contributed by atoms with Crippen LogP contribution in [0.3, 0.4) is 0 Å². The highest BCUT2D eigenvalue weighted by atomic mass is 35.5. The summed E-state index contributed by atoms with van der Waals surface area (Å²) in [5.41, 5.74) is 0.684. The number of nitrogens with one attached hydrogen (secondary N) is 1. The van der Waals surface area contributed by atoms with Crippen LogP contribution in [0.2, 0.25) is 5.02 Å². The van der Waals surface area contributed by atoms with E-state index in [0.29, 0.717) is 27.6 Å².